The van der Waals surface area contributed by atoms with Crippen LogP contribution in [0.5, 0.6) is 5.75 Å². The van der Waals surface area contributed by atoms with Gasteiger partial charge in [-0.25, -0.2) is 0 Å². The molecule has 0 bridgehead atoms. The number of benzene rings is 2. The number of carbonyl (C=O) groups excluding carboxylic acids is 1. The third-order valence-corrected chi connectivity index (χ3v) is 5.43. The summed E-state index contributed by atoms with van der Waals surface area (Å²) in [5, 5.41) is 12.4. The maximum atomic E-state index is 12.4. The van der Waals surface area contributed by atoms with E-state index in [0.29, 0.717) is 11.3 Å². The van der Waals surface area contributed by atoms with Crippen molar-refractivity contribution in [2.45, 2.75) is 31.7 Å². The van der Waals surface area contributed by atoms with Crippen LogP contribution in [0.2, 0.25) is 0 Å². The lowest BCUT2D eigenvalue weighted by atomic mass is 9.66. The minimum absolute atomic E-state index is 0.227. The van der Waals surface area contributed by atoms with Crippen molar-refractivity contribution in [2.24, 2.45) is 5.92 Å². The summed E-state index contributed by atoms with van der Waals surface area (Å²) in [7, 11) is 1.57. The van der Waals surface area contributed by atoms with Gasteiger partial charge in [-0.05, 0) is 37.1 Å². The molecule has 0 aromatic heterocycles. The Labute approximate surface area is 170 Å². The van der Waals surface area contributed by atoms with Crippen LogP contribution in [0.15, 0.2) is 77.9 Å². The van der Waals surface area contributed by atoms with Gasteiger partial charge in [0.1, 0.15) is 12.0 Å². The molecule has 0 aliphatic heterocycles. The van der Waals surface area contributed by atoms with E-state index in [1.54, 1.807) is 31.4 Å². The van der Waals surface area contributed by atoms with Crippen molar-refractivity contribution in [1.29, 1.82) is 0 Å². The highest BCUT2D eigenvalue weighted by Crippen LogP contribution is 2.46. The van der Waals surface area contributed by atoms with Gasteiger partial charge in [0.2, 0.25) is 6.04 Å². The lowest BCUT2D eigenvalue weighted by Crippen LogP contribution is -2.41. The van der Waals surface area contributed by atoms with Gasteiger partial charge < -0.3 is 4.74 Å². The van der Waals surface area contributed by atoms with E-state index in [0.717, 1.165) is 23.0 Å². The Morgan fingerprint density at radius 2 is 1.69 bits per heavy atom. The SMILES string of the molecule is COc1ccc([C@@H]2C(C=O)=C[C@H](C=C(C)C)[C@@H](c3ccccc3)[C@H]2[N+](=O)[O-])cc1. The van der Waals surface area contributed by atoms with Gasteiger partial charge >= 0.3 is 0 Å². The van der Waals surface area contributed by atoms with Crippen LogP contribution in [0.3, 0.4) is 0 Å². The van der Waals surface area contributed by atoms with E-state index in [4.69, 9.17) is 4.74 Å². The second kappa shape index (κ2) is 8.86. The van der Waals surface area contributed by atoms with E-state index in [-0.39, 0.29) is 16.8 Å². The molecule has 0 amide bonds. The van der Waals surface area contributed by atoms with Crippen LogP contribution in [0.4, 0.5) is 0 Å². The smallest absolute Gasteiger partial charge is 0.231 e. The van der Waals surface area contributed by atoms with E-state index < -0.39 is 12.0 Å². The van der Waals surface area contributed by atoms with Crippen LogP contribution < -0.4 is 4.74 Å². The largest absolute Gasteiger partial charge is 0.497 e. The molecule has 5 nitrogen and oxygen atoms in total. The molecule has 2 aromatic rings. The van der Waals surface area contributed by atoms with Crippen molar-refractivity contribution < 1.29 is 14.5 Å². The van der Waals surface area contributed by atoms with Gasteiger partial charge in [0.05, 0.1) is 18.9 Å². The molecule has 0 fully saturated rings. The monoisotopic (exact) mass is 391 g/mol. The molecule has 0 heterocycles. The molecule has 5 heteroatoms. The first-order chi connectivity index (χ1) is 14.0. The van der Waals surface area contributed by atoms with Gasteiger partial charge in [0, 0.05) is 16.4 Å². The van der Waals surface area contributed by atoms with Gasteiger partial charge in [0.15, 0.2) is 0 Å². The lowest BCUT2D eigenvalue weighted by molar-refractivity contribution is -0.531. The Hall–Kier alpha value is -3.21. The maximum Gasteiger partial charge on any atom is 0.231 e. The van der Waals surface area contributed by atoms with E-state index in [1.807, 2.05) is 56.3 Å². The zero-order valence-electron chi connectivity index (χ0n) is 16.8. The van der Waals surface area contributed by atoms with Crippen molar-refractivity contribution >= 4 is 6.29 Å². The van der Waals surface area contributed by atoms with Crippen LogP contribution in [-0.4, -0.2) is 24.4 Å². The minimum atomic E-state index is -0.961. The summed E-state index contributed by atoms with van der Waals surface area (Å²) in [5.74, 6) is -0.564. The Morgan fingerprint density at radius 3 is 2.21 bits per heavy atom. The molecule has 0 saturated heterocycles. The summed E-state index contributed by atoms with van der Waals surface area (Å²) < 4.78 is 5.21. The predicted octanol–water partition coefficient (Wildman–Crippen LogP) is 4.93. The summed E-state index contributed by atoms with van der Waals surface area (Å²) in [4.78, 5) is 24.1. The predicted molar refractivity (Wildman–Crippen MR) is 113 cm³/mol. The molecule has 0 spiro atoms. The first-order valence-corrected chi connectivity index (χ1v) is 9.60. The summed E-state index contributed by atoms with van der Waals surface area (Å²) in [6.07, 6.45) is 4.67. The Balaban J connectivity index is 2.21. The summed E-state index contributed by atoms with van der Waals surface area (Å²) in [6.45, 7) is 3.93. The van der Waals surface area contributed by atoms with E-state index in [2.05, 4.69) is 0 Å². The summed E-state index contributed by atoms with van der Waals surface area (Å²) in [6, 6.07) is 15.7. The van der Waals surface area contributed by atoms with E-state index >= 15 is 0 Å². The third kappa shape index (κ3) is 4.29. The number of nitrogens with zero attached hydrogens (tertiary/aromatic N) is 1. The number of ether oxygens (including phenoxy) is 1. The molecule has 1 aliphatic carbocycles. The van der Waals surface area contributed by atoms with Crippen LogP contribution in [0, 0.1) is 16.0 Å². The van der Waals surface area contributed by atoms with Gasteiger partial charge in [-0.2, -0.15) is 0 Å². The van der Waals surface area contributed by atoms with Crippen LogP contribution in [0.25, 0.3) is 0 Å². The molecule has 0 radical (unpaired) electrons. The number of nitro groups is 1. The second-order valence-electron chi connectivity index (χ2n) is 7.57. The number of carbonyl (C=O) groups is 1. The van der Waals surface area contributed by atoms with Gasteiger partial charge in [-0.1, -0.05) is 60.2 Å². The molecule has 1 aliphatic rings. The van der Waals surface area contributed by atoms with Crippen molar-refractivity contribution in [1.82, 2.24) is 0 Å². The van der Waals surface area contributed by atoms with Gasteiger partial charge in [-0.15, -0.1) is 0 Å². The van der Waals surface area contributed by atoms with Gasteiger partial charge in [-0.3, -0.25) is 14.9 Å². The highest BCUT2D eigenvalue weighted by atomic mass is 16.6. The number of methoxy groups -OCH3 is 1. The first-order valence-electron chi connectivity index (χ1n) is 9.60. The molecule has 0 saturated carbocycles. The number of aldehydes is 1. The molecule has 4 atom stereocenters. The fraction of sp³-hybridized carbons (Fsp3) is 0.292. The number of rotatable bonds is 6. The molecule has 0 unspecified atom stereocenters. The molecule has 2 aromatic carbocycles. The van der Waals surface area contributed by atoms with Crippen LogP contribution in [0.1, 0.15) is 36.8 Å². The topological polar surface area (TPSA) is 69.4 Å². The van der Waals surface area contributed by atoms with Crippen LogP contribution >= 0.6 is 0 Å². The molecular formula is C24H25NO4. The number of allylic oxidation sites excluding steroid dienone is 3. The fourth-order valence-electron chi connectivity index (χ4n) is 4.26. The van der Waals surface area contributed by atoms with Crippen LogP contribution in [-0.2, 0) is 4.79 Å². The van der Waals surface area contributed by atoms with Crippen molar-refractivity contribution in [3.8, 4) is 5.75 Å². The quantitative estimate of drug-likeness (QED) is 0.303. The first kappa shape index (κ1) is 20.5. The average molecular weight is 391 g/mol. The zero-order valence-corrected chi connectivity index (χ0v) is 16.8. The third-order valence-electron chi connectivity index (χ3n) is 5.43. The molecule has 29 heavy (non-hydrogen) atoms. The normalized spacial score (nSPS) is 23.6. The molecule has 0 N–H and O–H groups in total. The maximum absolute atomic E-state index is 12.4. The van der Waals surface area contributed by atoms with Crippen molar-refractivity contribution in [3.63, 3.8) is 0 Å². The standard InChI is InChI=1S/C24H25NO4/c1-16(2)13-19-14-20(15-26)23(18-9-11-21(29-3)12-10-18)24(25(27)28)22(19)17-7-5-4-6-8-17/h4-15,19,22-24H,1-3H3/t19-,22+,23+,24+/m0/s1. The van der Waals surface area contributed by atoms with E-state index in [1.165, 1.54) is 0 Å². The Kier molecular flexibility index (Phi) is 6.27. The molecular weight excluding hydrogens is 366 g/mol. The fourth-order valence-corrected chi connectivity index (χ4v) is 4.26. The number of hydrogen-bond donors (Lipinski definition) is 0. The van der Waals surface area contributed by atoms with Gasteiger partial charge in [0.25, 0.3) is 0 Å². The number of hydrogen-bond acceptors (Lipinski definition) is 4. The highest BCUT2D eigenvalue weighted by molar-refractivity contribution is 5.77. The lowest BCUT2D eigenvalue weighted by Gasteiger charge is -2.36. The second-order valence-corrected chi connectivity index (χ2v) is 7.57. The van der Waals surface area contributed by atoms with Crippen molar-refractivity contribution in [2.75, 3.05) is 7.11 Å². The average Bonchev–Trinajstić information content (AvgIpc) is 2.73. The minimum Gasteiger partial charge on any atom is -0.497 e. The zero-order chi connectivity index (χ0) is 21.0. The highest BCUT2D eigenvalue weighted by Gasteiger charge is 2.48. The Bertz CT molecular complexity index is 927. The Morgan fingerprint density at radius 1 is 1.03 bits per heavy atom. The molecule has 150 valence electrons. The van der Waals surface area contributed by atoms with Crippen molar-refractivity contribution in [3.05, 3.63) is 99.1 Å². The van der Waals surface area contributed by atoms with E-state index in [9.17, 15) is 14.9 Å². The molecule has 3 rings (SSSR count). The summed E-state index contributed by atoms with van der Waals surface area (Å²) >= 11 is 0. The summed E-state index contributed by atoms with van der Waals surface area (Å²) in [5.41, 5.74) is 3.15.